The zero-order chi connectivity index (χ0) is 22.8. The molecule has 0 spiro atoms. The summed E-state index contributed by atoms with van der Waals surface area (Å²) in [6, 6.07) is 4.66. The number of hydrogen-bond donors (Lipinski definition) is 1. The van der Waals surface area contributed by atoms with Crippen molar-refractivity contribution in [3.63, 3.8) is 0 Å². The summed E-state index contributed by atoms with van der Waals surface area (Å²) in [4.78, 5) is 30.4. The number of methoxy groups -OCH3 is 1. The Morgan fingerprint density at radius 3 is 2.72 bits per heavy atom. The average Bonchev–Trinajstić information content (AvgIpc) is 3.15. The van der Waals surface area contributed by atoms with Gasteiger partial charge in [-0.25, -0.2) is 14.2 Å². The van der Waals surface area contributed by atoms with Crippen molar-refractivity contribution in [3.8, 4) is 17.1 Å². The number of rotatable bonds is 4. The van der Waals surface area contributed by atoms with Crippen LogP contribution in [0.2, 0.25) is 0 Å². The van der Waals surface area contributed by atoms with Gasteiger partial charge in [-0.2, -0.15) is 0 Å². The number of benzene rings is 1. The van der Waals surface area contributed by atoms with Crippen LogP contribution < -0.4 is 10.3 Å². The van der Waals surface area contributed by atoms with Crippen molar-refractivity contribution in [2.75, 3.05) is 7.11 Å². The SMILES string of the molecule is CCCc1c2c(nc3cc(F)c(OC)cc13)-c1cc3c(c(=O)n1C2)COC(=O)[C@]3(O)CC. The number of aromatic nitrogens is 2. The minimum Gasteiger partial charge on any atom is -0.494 e. The Morgan fingerprint density at radius 2 is 2.03 bits per heavy atom. The maximum atomic E-state index is 14.5. The third-order valence-electron chi connectivity index (χ3n) is 6.58. The van der Waals surface area contributed by atoms with Crippen LogP contribution in [-0.2, 0) is 34.7 Å². The van der Waals surface area contributed by atoms with Crippen LogP contribution in [0.15, 0.2) is 23.0 Å². The smallest absolute Gasteiger partial charge is 0.343 e. The minimum atomic E-state index is -1.88. The Balaban J connectivity index is 1.83. The predicted octanol–water partition coefficient (Wildman–Crippen LogP) is 3.18. The summed E-state index contributed by atoms with van der Waals surface area (Å²) < 4.78 is 26.3. The van der Waals surface area contributed by atoms with Crippen molar-refractivity contribution in [2.24, 2.45) is 0 Å². The number of pyridine rings is 2. The molecule has 0 unspecified atom stereocenters. The van der Waals surface area contributed by atoms with Crippen molar-refractivity contribution in [1.82, 2.24) is 9.55 Å². The van der Waals surface area contributed by atoms with E-state index < -0.39 is 17.4 Å². The summed E-state index contributed by atoms with van der Waals surface area (Å²) in [5.41, 5.74) is 1.78. The first-order chi connectivity index (χ1) is 15.3. The molecule has 0 radical (unpaired) electrons. The maximum Gasteiger partial charge on any atom is 0.343 e. The summed E-state index contributed by atoms with van der Waals surface area (Å²) in [7, 11) is 1.42. The normalized spacial score (nSPS) is 18.8. The first-order valence-corrected chi connectivity index (χ1v) is 10.7. The van der Waals surface area contributed by atoms with Crippen LogP contribution in [0.4, 0.5) is 4.39 Å². The first kappa shape index (κ1) is 20.6. The van der Waals surface area contributed by atoms with Crippen molar-refractivity contribution in [3.05, 3.63) is 56.6 Å². The van der Waals surface area contributed by atoms with Gasteiger partial charge in [-0.15, -0.1) is 0 Å². The van der Waals surface area contributed by atoms with Crippen LogP contribution >= 0.6 is 0 Å². The number of aliphatic hydroxyl groups is 1. The van der Waals surface area contributed by atoms with Crippen LogP contribution in [0.25, 0.3) is 22.3 Å². The molecule has 0 bridgehead atoms. The fraction of sp³-hybridized carbons (Fsp3) is 0.375. The van der Waals surface area contributed by atoms with Crippen molar-refractivity contribution >= 4 is 16.9 Å². The van der Waals surface area contributed by atoms with E-state index >= 15 is 0 Å². The zero-order valence-electron chi connectivity index (χ0n) is 18.1. The molecule has 5 rings (SSSR count). The number of fused-ring (bicyclic) bond motifs is 5. The lowest BCUT2D eigenvalue weighted by molar-refractivity contribution is -0.172. The van der Waals surface area contributed by atoms with Crippen LogP contribution in [-0.4, -0.2) is 27.7 Å². The largest absolute Gasteiger partial charge is 0.494 e. The van der Waals surface area contributed by atoms with Crippen molar-refractivity contribution in [1.29, 1.82) is 0 Å². The molecule has 1 N–H and O–H groups in total. The standard InChI is InChI=1S/C24H23FN2O5/c1-4-6-12-13-7-20(31-3)17(25)9-18(13)26-21-14(12)10-27-19(21)8-16-15(22(27)28)11-32-23(29)24(16,30)5-2/h7-9,30H,4-6,10-11H2,1-3H3/t24-/m0/s1. The Bertz CT molecular complexity index is 1360. The highest BCUT2D eigenvalue weighted by molar-refractivity contribution is 5.90. The Morgan fingerprint density at radius 1 is 1.25 bits per heavy atom. The number of halogens is 1. The molecule has 0 aliphatic carbocycles. The van der Waals surface area contributed by atoms with Crippen molar-refractivity contribution < 1.29 is 23.8 Å². The van der Waals surface area contributed by atoms with Gasteiger partial charge in [0.15, 0.2) is 17.2 Å². The number of hydrogen-bond acceptors (Lipinski definition) is 6. The van der Waals surface area contributed by atoms with Crippen molar-refractivity contribution in [2.45, 2.75) is 51.9 Å². The van der Waals surface area contributed by atoms with Gasteiger partial charge in [0.25, 0.3) is 5.56 Å². The number of carbonyl (C=O) groups excluding carboxylic acids is 1. The molecule has 0 saturated heterocycles. The number of esters is 1. The summed E-state index contributed by atoms with van der Waals surface area (Å²) in [6.45, 7) is 3.85. The van der Waals surface area contributed by atoms with Gasteiger partial charge in [0.2, 0.25) is 0 Å². The van der Waals surface area contributed by atoms with Gasteiger partial charge in [0.1, 0.15) is 6.61 Å². The Hall–Kier alpha value is -3.26. The maximum absolute atomic E-state index is 14.5. The topological polar surface area (TPSA) is 90.6 Å². The number of ether oxygens (including phenoxy) is 2. The van der Waals surface area contributed by atoms with E-state index in [-0.39, 0.29) is 35.5 Å². The van der Waals surface area contributed by atoms with E-state index in [4.69, 9.17) is 14.5 Å². The van der Waals surface area contributed by atoms with E-state index in [2.05, 4.69) is 6.92 Å². The van der Waals surface area contributed by atoms with Gasteiger partial charge in [0.05, 0.1) is 36.1 Å². The second kappa shape index (κ2) is 7.13. The minimum absolute atomic E-state index is 0.0752. The molecule has 2 aliphatic heterocycles. The van der Waals surface area contributed by atoms with Gasteiger partial charge >= 0.3 is 5.97 Å². The molecule has 2 aliphatic rings. The van der Waals surface area contributed by atoms with Gasteiger partial charge in [-0.1, -0.05) is 20.3 Å². The third kappa shape index (κ3) is 2.65. The Kier molecular flexibility index (Phi) is 4.60. The predicted molar refractivity (Wildman–Crippen MR) is 115 cm³/mol. The highest BCUT2D eigenvalue weighted by Gasteiger charge is 2.45. The lowest BCUT2D eigenvalue weighted by atomic mass is 9.86. The van der Waals surface area contributed by atoms with Gasteiger partial charge in [-0.05, 0) is 30.5 Å². The van der Waals surface area contributed by atoms with E-state index in [9.17, 15) is 19.1 Å². The Labute approximate surface area is 183 Å². The van der Waals surface area contributed by atoms with Gasteiger partial charge in [0, 0.05) is 22.6 Å². The highest BCUT2D eigenvalue weighted by atomic mass is 19.1. The zero-order valence-corrected chi connectivity index (χ0v) is 18.1. The fourth-order valence-corrected chi connectivity index (χ4v) is 4.86. The number of carbonyl (C=O) groups is 1. The van der Waals surface area contributed by atoms with E-state index in [0.29, 0.717) is 23.4 Å². The molecule has 7 nitrogen and oxygen atoms in total. The van der Waals surface area contributed by atoms with Crippen LogP contribution in [0.3, 0.4) is 0 Å². The molecule has 3 aromatic rings. The second-order valence-electron chi connectivity index (χ2n) is 8.27. The summed E-state index contributed by atoms with van der Waals surface area (Å²) >= 11 is 0. The summed E-state index contributed by atoms with van der Waals surface area (Å²) in [5.74, 6) is -1.13. The lowest BCUT2D eigenvalue weighted by Gasteiger charge is -2.31. The van der Waals surface area contributed by atoms with Gasteiger partial charge in [-0.3, -0.25) is 4.79 Å². The monoisotopic (exact) mass is 438 g/mol. The summed E-state index contributed by atoms with van der Waals surface area (Å²) in [5, 5.41) is 11.8. The highest BCUT2D eigenvalue weighted by Crippen LogP contribution is 2.41. The quantitative estimate of drug-likeness (QED) is 0.492. The average molecular weight is 438 g/mol. The molecule has 0 saturated carbocycles. The number of nitrogens with zero attached hydrogens (tertiary/aromatic N) is 2. The molecule has 1 atom stereocenters. The molecule has 1 aromatic carbocycles. The number of cyclic esters (lactones) is 1. The van der Waals surface area contributed by atoms with Gasteiger partial charge < -0.3 is 19.1 Å². The molecule has 166 valence electrons. The molecule has 0 fully saturated rings. The second-order valence-corrected chi connectivity index (χ2v) is 8.27. The first-order valence-electron chi connectivity index (χ1n) is 10.7. The molecular weight excluding hydrogens is 415 g/mol. The molecular formula is C24H23FN2O5. The van der Waals surface area contributed by atoms with E-state index in [0.717, 1.165) is 29.4 Å². The third-order valence-corrected chi connectivity index (χ3v) is 6.58. The fourth-order valence-electron chi connectivity index (χ4n) is 4.86. The van der Waals surface area contributed by atoms with Crippen LogP contribution in [0, 0.1) is 5.82 Å². The molecule has 8 heteroatoms. The van der Waals surface area contributed by atoms with Crippen LogP contribution in [0.1, 0.15) is 48.9 Å². The van der Waals surface area contributed by atoms with E-state index in [1.54, 1.807) is 23.6 Å². The number of aryl methyl sites for hydroxylation is 1. The molecule has 2 aromatic heterocycles. The van der Waals surface area contributed by atoms with E-state index in [1.165, 1.54) is 13.2 Å². The molecule has 32 heavy (non-hydrogen) atoms. The summed E-state index contributed by atoms with van der Waals surface area (Å²) in [6.07, 6.45) is 1.65. The molecule has 4 heterocycles. The molecule has 0 amide bonds. The van der Waals surface area contributed by atoms with E-state index in [1.807, 2.05) is 0 Å². The van der Waals surface area contributed by atoms with Crippen LogP contribution in [0.5, 0.6) is 5.75 Å². The lowest BCUT2D eigenvalue weighted by Crippen LogP contribution is -2.44.